The summed E-state index contributed by atoms with van der Waals surface area (Å²) in [5, 5.41) is 4.96. The highest BCUT2D eigenvalue weighted by molar-refractivity contribution is 8.07. The van der Waals surface area contributed by atoms with Crippen LogP contribution in [0.1, 0.15) is 36.9 Å². The summed E-state index contributed by atoms with van der Waals surface area (Å²) >= 11 is 4.28. The first-order valence-corrected chi connectivity index (χ1v) is 10.1. The van der Waals surface area contributed by atoms with Gasteiger partial charge < -0.3 is 10.1 Å². The summed E-state index contributed by atoms with van der Waals surface area (Å²) in [4.78, 5) is 0. The van der Waals surface area contributed by atoms with Crippen molar-refractivity contribution in [3.8, 4) is 5.75 Å². The van der Waals surface area contributed by atoms with Crippen molar-refractivity contribution >= 4 is 23.5 Å². The van der Waals surface area contributed by atoms with Crippen molar-refractivity contribution in [3.63, 3.8) is 0 Å². The lowest BCUT2D eigenvalue weighted by atomic mass is 9.94. The van der Waals surface area contributed by atoms with Crippen molar-refractivity contribution in [1.82, 2.24) is 5.32 Å². The zero-order chi connectivity index (χ0) is 14.7. The third-order valence-corrected chi connectivity index (χ3v) is 7.78. The fraction of sp³-hybridized carbons (Fsp3) is 0.647. The van der Waals surface area contributed by atoms with Crippen molar-refractivity contribution in [2.24, 2.45) is 0 Å². The number of hydrogen-bond donors (Lipinski definition) is 1. The van der Waals surface area contributed by atoms with Gasteiger partial charge in [0.15, 0.2) is 0 Å². The van der Waals surface area contributed by atoms with E-state index in [-0.39, 0.29) is 0 Å². The number of aryl methyl sites for hydroxylation is 1. The van der Waals surface area contributed by atoms with Crippen molar-refractivity contribution in [2.45, 2.75) is 42.7 Å². The largest absolute Gasteiger partial charge is 0.493 e. The highest BCUT2D eigenvalue weighted by Crippen LogP contribution is 2.43. The van der Waals surface area contributed by atoms with Gasteiger partial charge in [0.05, 0.1) is 6.61 Å². The Hall–Kier alpha value is -0.320. The van der Waals surface area contributed by atoms with Crippen molar-refractivity contribution in [3.05, 3.63) is 29.3 Å². The lowest BCUT2D eigenvalue weighted by Gasteiger charge is -2.37. The molecule has 1 fully saturated rings. The van der Waals surface area contributed by atoms with Crippen LogP contribution < -0.4 is 10.1 Å². The highest BCUT2D eigenvalue weighted by atomic mass is 32.2. The molecule has 3 rings (SSSR count). The number of benzene rings is 1. The fourth-order valence-electron chi connectivity index (χ4n) is 3.40. The molecule has 1 aromatic rings. The van der Waals surface area contributed by atoms with E-state index in [2.05, 4.69) is 61.0 Å². The van der Waals surface area contributed by atoms with Crippen LogP contribution in [0.15, 0.2) is 18.2 Å². The number of hydrogen-bond acceptors (Lipinski definition) is 4. The molecule has 0 saturated carbocycles. The number of nitrogens with one attached hydrogen (secondary N) is 1. The van der Waals surface area contributed by atoms with Crippen LogP contribution in [0, 0.1) is 0 Å². The third kappa shape index (κ3) is 3.22. The molecule has 2 aliphatic rings. The maximum atomic E-state index is 6.04. The second-order valence-corrected chi connectivity index (χ2v) is 8.34. The molecule has 3 unspecified atom stereocenters. The fourth-order valence-corrected chi connectivity index (χ4v) is 6.68. The molecular weight excluding hydrogens is 298 g/mol. The predicted octanol–water partition coefficient (Wildman–Crippen LogP) is 3.90. The normalized spacial score (nSPS) is 26.8. The smallest absolute Gasteiger partial charge is 0.127 e. The van der Waals surface area contributed by atoms with Crippen LogP contribution in [0.4, 0.5) is 0 Å². The van der Waals surface area contributed by atoms with Gasteiger partial charge in [-0.15, -0.1) is 0 Å². The van der Waals surface area contributed by atoms with E-state index in [1.807, 2.05) is 0 Å². The molecule has 0 radical (unpaired) electrons. The quantitative estimate of drug-likeness (QED) is 0.907. The number of thioether (sulfide) groups is 2. The predicted molar refractivity (Wildman–Crippen MR) is 94.8 cm³/mol. The average Bonchev–Trinajstić information content (AvgIpc) is 2.56. The molecule has 0 aromatic heterocycles. The maximum absolute atomic E-state index is 6.04. The van der Waals surface area contributed by atoms with E-state index in [4.69, 9.17) is 4.74 Å². The SMILES string of the molecule is CCC1SCCSC1C(NC)c1cccc2c1OCCC2. The Balaban J connectivity index is 1.92. The van der Waals surface area contributed by atoms with E-state index in [1.165, 1.54) is 29.1 Å². The molecule has 1 aromatic carbocycles. The zero-order valence-electron chi connectivity index (χ0n) is 12.9. The molecule has 2 nitrogen and oxygen atoms in total. The monoisotopic (exact) mass is 323 g/mol. The van der Waals surface area contributed by atoms with E-state index in [0.717, 1.165) is 30.4 Å². The minimum absolute atomic E-state index is 0.390. The molecule has 0 spiro atoms. The average molecular weight is 324 g/mol. The molecule has 1 N–H and O–H groups in total. The Morgan fingerprint density at radius 1 is 1.33 bits per heavy atom. The third-order valence-electron chi connectivity index (χ3n) is 4.43. The van der Waals surface area contributed by atoms with Gasteiger partial charge in [-0.1, -0.05) is 25.1 Å². The second-order valence-electron chi connectivity index (χ2n) is 5.71. The van der Waals surface area contributed by atoms with Crippen LogP contribution >= 0.6 is 23.5 Å². The molecular formula is C17H25NOS2. The Kier molecular flexibility index (Phi) is 5.41. The molecule has 1 saturated heterocycles. The number of rotatable bonds is 4. The first kappa shape index (κ1) is 15.6. The lowest BCUT2D eigenvalue weighted by Crippen LogP contribution is -2.37. The van der Waals surface area contributed by atoms with E-state index in [1.54, 1.807) is 0 Å². The van der Waals surface area contributed by atoms with Crippen LogP contribution in [0.2, 0.25) is 0 Å². The molecule has 0 aliphatic carbocycles. The van der Waals surface area contributed by atoms with Crippen LogP contribution in [0.25, 0.3) is 0 Å². The molecule has 0 bridgehead atoms. The molecule has 3 atom stereocenters. The standard InChI is InChI=1S/C17H25NOS2/c1-3-14-17(21-11-10-20-14)15(18-2)13-8-4-6-12-7-5-9-19-16(12)13/h4,6,8,14-15,17-18H,3,5,7,9-11H2,1-2H3. The van der Waals surface area contributed by atoms with Crippen molar-refractivity contribution < 1.29 is 4.74 Å². The van der Waals surface area contributed by atoms with Gasteiger partial charge in [0.25, 0.3) is 0 Å². The summed E-state index contributed by atoms with van der Waals surface area (Å²) in [6.07, 6.45) is 3.55. The lowest BCUT2D eigenvalue weighted by molar-refractivity contribution is 0.281. The molecule has 0 amide bonds. The summed E-state index contributed by atoms with van der Waals surface area (Å²) in [5.74, 6) is 3.72. The topological polar surface area (TPSA) is 21.3 Å². The van der Waals surface area contributed by atoms with Gasteiger partial charge in [0.1, 0.15) is 5.75 Å². The van der Waals surface area contributed by atoms with Gasteiger partial charge in [-0.25, -0.2) is 0 Å². The van der Waals surface area contributed by atoms with Crippen LogP contribution in [-0.4, -0.2) is 35.7 Å². The Morgan fingerprint density at radius 2 is 2.19 bits per heavy atom. The van der Waals surface area contributed by atoms with Crippen LogP contribution in [0.3, 0.4) is 0 Å². The molecule has 2 aliphatic heterocycles. The van der Waals surface area contributed by atoms with Gasteiger partial charge >= 0.3 is 0 Å². The number of para-hydroxylation sites is 1. The Bertz CT molecular complexity index is 480. The van der Waals surface area contributed by atoms with E-state index in [0.29, 0.717) is 11.3 Å². The zero-order valence-corrected chi connectivity index (χ0v) is 14.6. The minimum atomic E-state index is 0.390. The first-order chi connectivity index (χ1) is 10.3. The molecule has 116 valence electrons. The first-order valence-electron chi connectivity index (χ1n) is 8.00. The summed E-state index contributed by atoms with van der Waals surface area (Å²) in [7, 11) is 2.10. The van der Waals surface area contributed by atoms with Crippen LogP contribution in [-0.2, 0) is 6.42 Å². The van der Waals surface area contributed by atoms with Crippen molar-refractivity contribution in [1.29, 1.82) is 0 Å². The van der Waals surface area contributed by atoms with Gasteiger partial charge in [-0.3, -0.25) is 0 Å². The van der Waals surface area contributed by atoms with E-state index < -0.39 is 0 Å². The van der Waals surface area contributed by atoms with Gasteiger partial charge in [0, 0.05) is 33.6 Å². The molecule has 21 heavy (non-hydrogen) atoms. The van der Waals surface area contributed by atoms with Crippen molar-refractivity contribution in [2.75, 3.05) is 25.2 Å². The maximum Gasteiger partial charge on any atom is 0.127 e. The summed E-state index contributed by atoms with van der Waals surface area (Å²) in [6.45, 7) is 3.18. The number of ether oxygens (including phenoxy) is 1. The summed E-state index contributed by atoms with van der Waals surface area (Å²) in [5.41, 5.74) is 2.76. The summed E-state index contributed by atoms with van der Waals surface area (Å²) < 4.78 is 6.04. The van der Waals surface area contributed by atoms with Gasteiger partial charge in [0.2, 0.25) is 0 Å². The summed E-state index contributed by atoms with van der Waals surface area (Å²) in [6, 6.07) is 7.08. The van der Waals surface area contributed by atoms with Gasteiger partial charge in [-0.2, -0.15) is 23.5 Å². The molecule has 4 heteroatoms. The molecule has 2 heterocycles. The van der Waals surface area contributed by atoms with Crippen LogP contribution in [0.5, 0.6) is 5.75 Å². The Morgan fingerprint density at radius 3 is 3.00 bits per heavy atom. The number of fused-ring (bicyclic) bond motifs is 1. The minimum Gasteiger partial charge on any atom is -0.493 e. The van der Waals surface area contributed by atoms with E-state index >= 15 is 0 Å². The second kappa shape index (κ2) is 7.30. The Labute approximate surface area is 136 Å². The van der Waals surface area contributed by atoms with E-state index in [9.17, 15) is 0 Å². The highest BCUT2D eigenvalue weighted by Gasteiger charge is 2.34. The van der Waals surface area contributed by atoms with Gasteiger partial charge in [-0.05, 0) is 31.9 Å².